The third kappa shape index (κ3) is 3.45. The Labute approximate surface area is 119 Å². The van der Waals surface area contributed by atoms with Gasteiger partial charge < -0.3 is 10.5 Å². The molecule has 0 bridgehead atoms. The summed E-state index contributed by atoms with van der Waals surface area (Å²) in [7, 11) is 0. The van der Waals surface area contributed by atoms with Gasteiger partial charge in [0.15, 0.2) is 0 Å². The quantitative estimate of drug-likeness (QED) is 0.658. The van der Waals surface area contributed by atoms with E-state index in [0.29, 0.717) is 10.6 Å². The topological polar surface area (TPSA) is 57.0 Å². The fourth-order valence-electron chi connectivity index (χ4n) is 2.33. The number of aromatic nitrogens is 1. The summed E-state index contributed by atoms with van der Waals surface area (Å²) in [6.45, 7) is 0. The first kappa shape index (κ1) is 15.2. The van der Waals surface area contributed by atoms with Crippen LogP contribution in [0.25, 0.3) is 0 Å². The molecule has 7 heteroatoms. The zero-order valence-corrected chi connectivity index (χ0v) is 11.6. The van der Waals surface area contributed by atoms with Gasteiger partial charge in [0.25, 0.3) is 0 Å². The van der Waals surface area contributed by atoms with Crippen molar-refractivity contribution in [3.8, 4) is 5.88 Å². The Balaban J connectivity index is 2.25. The SMILES string of the molecule is N=Cc1c(O)nc(SCCC(F)(F)F)c2c1CCCC2. The zero-order chi connectivity index (χ0) is 14.8. The maximum absolute atomic E-state index is 12.2. The number of hydrogen-bond acceptors (Lipinski definition) is 4. The Bertz CT molecular complexity index is 517. The van der Waals surface area contributed by atoms with Crippen molar-refractivity contribution in [1.82, 2.24) is 4.98 Å². The summed E-state index contributed by atoms with van der Waals surface area (Å²) in [5.41, 5.74) is 2.17. The predicted octanol–water partition coefficient (Wildman–Crippen LogP) is 3.71. The van der Waals surface area contributed by atoms with E-state index in [1.54, 1.807) is 0 Å². The summed E-state index contributed by atoms with van der Waals surface area (Å²) in [6, 6.07) is 0. The minimum absolute atomic E-state index is 0.105. The smallest absolute Gasteiger partial charge is 0.389 e. The highest BCUT2D eigenvalue weighted by Crippen LogP contribution is 2.36. The van der Waals surface area contributed by atoms with E-state index >= 15 is 0 Å². The highest BCUT2D eigenvalue weighted by molar-refractivity contribution is 7.99. The first-order valence-corrected chi connectivity index (χ1v) is 7.35. The fourth-order valence-corrected chi connectivity index (χ4v) is 3.41. The molecule has 0 saturated carbocycles. The van der Waals surface area contributed by atoms with E-state index in [1.807, 2.05) is 0 Å². The van der Waals surface area contributed by atoms with Crippen molar-refractivity contribution in [2.45, 2.75) is 43.3 Å². The summed E-state index contributed by atoms with van der Waals surface area (Å²) in [6.07, 6.45) is -0.573. The summed E-state index contributed by atoms with van der Waals surface area (Å²) in [4.78, 5) is 3.98. The van der Waals surface area contributed by atoms with Crippen molar-refractivity contribution < 1.29 is 18.3 Å². The second-order valence-corrected chi connectivity index (χ2v) is 5.76. The van der Waals surface area contributed by atoms with Crippen LogP contribution >= 0.6 is 11.8 Å². The van der Waals surface area contributed by atoms with E-state index in [0.717, 1.165) is 54.8 Å². The van der Waals surface area contributed by atoms with Crippen LogP contribution in [-0.2, 0) is 12.8 Å². The normalized spacial score (nSPS) is 14.9. The second kappa shape index (κ2) is 6.03. The van der Waals surface area contributed by atoms with Gasteiger partial charge in [0.2, 0.25) is 5.88 Å². The molecular formula is C13H15F3N2OS. The van der Waals surface area contributed by atoms with Gasteiger partial charge in [-0.2, -0.15) is 13.2 Å². The monoisotopic (exact) mass is 304 g/mol. The van der Waals surface area contributed by atoms with E-state index in [1.165, 1.54) is 0 Å². The van der Waals surface area contributed by atoms with Crippen LogP contribution in [0.4, 0.5) is 13.2 Å². The molecule has 0 aromatic carbocycles. The maximum Gasteiger partial charge on any atom is 0.389 e. The Morgan fingerprint density at radius 1 is 1.25 bits per heavy atom. The summed E-state index contributed by atoms with van der Waals surface area (Å²) in [5, 5.41) is 17.6. The van der Waals surface area contributed by atoms with Gasteiger partial charge >= 0.3 is 6.18 Å². The third-order valence-electron chi connectivity index (χ3n) is 3.27. The second-order valence-electron chi connectivity index (χ2n) is 4.68. The van der Waals surface area contributed by atoms with E-state index in [4.69, 9.17) is 5.41 Å². The predicted molar refractivity (Wildman–Crippen MR) is 71.8 cm³/mol. The van der Waals surface area contributed by atoms with Gasteiger partial charge in [-0.25, -0.2) is 4.98 Å². The van der Waals surface area contributed by atoms with Gasteiger partial charge in [0.1, 0.15) is 5.03 Å². The molecule has 2 N–H and O–H groups in total. The molecule has 1 aromatic heterocycles. The van der Waals surface area contributed by atoms with Gasteiger partial charge in [-0.1, -0.05) is 0 Å². The summed E-state index contributed by atoms with van der Waals surface area (Å²) >= 11 is 1.03. The largest absolute Gasteiger partial charge is 0.493 e. The minimum Gasteiger partial charge on any atom is -0.493 e. The molecule has 0 aliphatic heterocycles. The Kier molecular flexibility index (Phi) is 4.57. The van der Waals surface area contributed by atoms with Gasteiger partial charge in [-0.05, 0) is 36.8 Å². The number of aromatic hydroxyl groups is 1. The molecule has 3 nitrogen and oxygen atoms in total. The molecule has 1 aromatic rings. The highest BCUT2D eigenvalue weighted by atomic mass is 32.2. The summed E-state index contributed by atoms with van der Waals surface area (Å²) in [5.74, 6) is -0.359. The first-order chi connectivity index (χ1) is 9.42. The Morgan fingerprint density at radius 3 is 2.50 bits per heavy atom. The number of nitrogens with one attached hydrogen (secondary N) is 1. The zero-order valence-electron chi connectivity index (χ0n) is 10.8. The van der Waals surface area contributed by atoms with Crippen molar-refractivity contribution in [2.24, 2.45) is 0 Å². The first-order valence-electron chi connectivity index (χ1n) is 6.37. The van der Waals surface area contributed by atoms with Crippen molar-refractivity contribution >= 4 is 18.0 Å². The van der Waals surface area contributed by atoms with E-state index in [9.17, 15) is 18.3 Å². The molecule has 0 spiro atoms. The number of thioether (sulfide) groups is 1. The van der Waals surface area contributed by atoms with Crippen LogP contribution in [0.3, 0.4) is 0 Å². The standard InChI is InChI=1S/C13H15F3N2OS/c14-13(15,16)5-6-20-12-9-4-2-1-3-8(9)10(7-17)11(19)18-12/h7,17H,1-6H2,(H,18,19). The van der Waals surface area contributed by atoms with Crippen molar-refractivity contribution in [3.63, 3.8) is 0 Å². The lowest BCUT2D eigenvalue weighted by molar-refractivity contribution is -0.129. The van der Waals surface area contributed by atoms with Crippen LogP contribution in [0, 0.1) is 5.41 Å². The molecule has 0 radical (unpaired) electrons. The Hall–Kier alpha value is -1.24. The van der Waals surface area contributed by atoms with Gasteiger partial charge in [-0.3, -0.25) is 0 Å². The van der Waals surface area contributed by atoms with Gasteiger partial charge in [0.05, 0.1) is 12.0 Å². The lowest BCUT2D eigenvalue weighted by atomic mass is 9.90. The van der Waals surface area contributed by atoms with E-state index in [-0.39, 0.29) is 11.6 Å². The Morgan fingerprint density at radius 2 is 1.90 bits per heavy atom. The molecule has 0 fully saturated rings. The molecule has 0 amide bonds. The lowest BCUT2D eigenvalue weighted by Gasteiger charge is -2.21. The molecule has 1 heterocycles. The van der Waals surface area contributed by atoms with Gasteiger partial charge in [0, 0.05) is 12.0 Å². The van der Waals surface area contributed by atoms with Crippen molar-refractivity contribution in [1.29, 1.82) is 5.41 Å². The summed E-state index contributed by atoms with van der Waals surface area (Å²) < 4.78 is 36.5. The van der Waals surface area contributed by atoms with Gasteiger partial charge in [-0.15, -0.1) is 11.8 Å². The average molecular weight is 304 g/mol. The van der Waals surface area contributed by atoms with Crippen LogP contribution < -0.4 is 0 Å². The number of halogens is 3. The third-order valence-corrected chi connectivity index (χ3v) is 4.29. The fraction of sp³-hybridized carbons (Fsp3) is 0.538. The molecule has 0 unspecified atom stereocenters. The van der Waals surface area contributed by atoms with Crippen LogP contribution in [0.5, 0.6) is 5.88 Å². The van der Waals surface area contributed by atoms with E-state index < -0.39 is 12.6 Å². The van der Waals surface area contributed by atoms with Crippen LogP contribution in [0.2, 0.25) is 0 Å². The molecule has 0 atom stereocenters. The average Bonchev–Trinajstić information content (AvgIpc) is 2.37. The van der Waals surface area contributed by atoms with Crippen LogP contribution in [-0.4, -0.2) is 28.2 Å². The number of hydrogen-bond donors (Lipinski definition) is 2. The highest BCUT2D eigenvalue weighted by Gasteiger charge is 2.27. The molecule has 20 heavy (non-hydrogen) atoms. The molecule has 0 saturated heterocycles. The lowest BCUT2D eigenvalue weighted by Crippen LogP contribution is -2.11. The molecular weight excluding hydrogens is 289 g/mol. The van der Waals surface area contributed by atoms with Crippen LogP contribution in [0.1, 0.15) is 36.0 Å². The molecule has 2 rings (SSSR count). The molecule has 1 aliphatic carbocycles. The molecule has 1 aliphatic rings. The van der Waals surface area contributed by atoms with Crippen molar-refractivity contribution in [2.75, 3.05) is 5.75 Å². The minimum atomic E-state index is -4.18. The number of alkyl halides is 3. The maximum atomic E-state index is 12.2. The number of nitrogens with zero attached hydrogens (tertiary/aromatic N) is 1. The number of fused-ring (bicyclic) bond motifs is 1. The number of rotatable bonds is 4. The molecule has 110 valence electrons. The van der Waals surface area contributed by atoms with Crippen LogP contribution in [0.15, 0.2) is 5.03 Å². The van der Waals surface area contributed by atoms with Crippen molar-refractivity contribution in [3.05, 3.63) is 16.7 Å². The van der Waals surface area contributed by atoms with E-state index in [2.05, 4.69) is 4.98 Å². The number of pyridine rings is 1.